The van der Waals surface area contributed by atoms with Gasteiger partial charge in [0, 0.05) is 13.7 Å². The van der Waals surface area contributed by atoms with Crippen molar-refractivity contribution in [2.45, 2.75) is 51.0 Å². The van der Waals surface area contributed by atoms with Gasteiger partial charge in [0.05, 0.1) is 18.2 Å². The van der Waals surface area contributed by atoms with Crippen molar-refractivity contribution in [1.29, 1.82) is 0 Å². The fraction of sp³-hybridized carbons (Fsp3) is 1.00. The highest BCUT2D eigenvalue weighted by Crippen LogP contribution is 2.27. The lowest BCUT2D eigenvalue weighted by molar-refractivity contribution is -0.128. The molecular formula is C11H21F2NO2. The Labute approximate surface area is 95.7 Å². The molecule has 1 unspecified atom stereocenters. The van der Waals surface area contributed by atoms with Crippen LogP contribution in [0.2, 0.25) is 0 Å². The Bertz CT molecular complexity index is 214. The average molecular weight is 237 g/mol. The molecule has 96 valence electrons. The van der Waals surface area contributed by atoms with E-state index in [1.165, 1.54) is 0 Å². The molecule has 3 atom stereocenters. The molecule has 1 rings (SSSR count). The maximum Gasteiger partial charge on any atom is 0.266 e. The molecule has 1 aliphatic heterocycles. The Morgan fingerprint density at radius 2 is 1.94 bits per heavy atom. The maximum atomic E-state index is 13.0. The summed E-state index contributed by atoms with van der Waals surface area (Å²) in [6.45, 7) is 4.31. The summed E-state index contributed by atoms with van der Waals surface area (Å²) in [6, 6.07) is -0.354. The largest absolute Gasteiger partial charge is 0.380 e. The van der Waals surface area contributed by atoms with Crippen LogP contribution in [0, 0.1) is 0 Å². The van der Waals surface area contributed by atoms with E-state index < -0.39 is 12.5 Å². The molecule has 0 spiro atoms. The monoisotopic (exact) mass is 237 g/mol. The van der Waals surface area contributed by atoms with Gasteiger partial charge in [0.25, 0.3) is 6.43 Å². The number of nitrogens with zero attached hydrogens (tertiary/aromatic N) is 1. The van der Waals surface area contributed by atoms with Gasteiger partial charge in [0.2, 0.25) is 0 Å². The van der Waals surface area contributed by atoms with Crippen LogP contribution in [0.25, 0.3) is 0 Å². The first-order chi connectivity index (χ1) is 7.47. The fourth-order valence-corrected chi connectivity index (χ4v) is 2.26. The van der Waals surface area contributed by atoms with Gasteiger partial charge >= 0.3 is 0 Å². The van der Waals surface area contributed by atoms with E-state index in [1.807, 2.05) is 11.9 Å². The quantitative estimate of drug-likeness (QED) is 0.727. The molecule has 0 amide bonds. The Balaban J connectivity index is 2.74. The van der Waals surface area contributed by atoms with E-state index in [-0.39, 0.29) is 18.2 Å². The second kappa shape index (κ2) is 5.89. The summed E-state index contributed by atoms with van der Waals surface area (Å²) in [7, 11) is 3.40. The summed E-state index contributed by atoms with van der Waals surface area (Å²) in [5, 5.41) is 0. The van der Waals surface area contributed by atoms with E-state index in [4.69, 9.17) is 9.47 Å². The van der Waals surface area contributed by atoms with E-state index in [0.717, 1.165) is 13.0 Å². The van der Waals surface area contributed by atoms with Crippen molar-refractivity contribution in [1.82, 2.24) is 4.90 Å². The highest BCUT2D eigenvalue weighted by molar-refractivity contribution is 4.93. The van der Waals surface area contributed by atoms with Crippen molar-refractivity contribution in [2.75, 3.05) is 20.7 Å². The molecule has 1 heterocycles. The van der Waals surface area contributed by atoms with Gasteiger partial charge in [-0.2, -0.15) is 0 Å². The molecule has 1 aliphatic rings. The standard InChI is InChI=1S/C11H21F2NO2/c1-7(2)16-10(11(12)13)9-8(15-4)5-6-14(9)3/h7-11H,5-6H2,1-4H3/t8-,9?,10-/m0/s1. The zero-order valence-corrected chi connectivity index (χ0v) is 10.3. The average Bonchev–Trinajstić information content (AvgIpc) is 2.55. The highest BCUT2D eigenvalue weighted by atomic mass is 19.3. The number of hydrogen-bond acceptors (Lipinski definition) is 3. The van der Waals surface area contributed by atoms with Crippen molar-refractivity contribution < 1.29 is 18.3 Å². The van der Waals surface area contributed by atoms with E-state index in [9.17, 15) is 8.78 Å². The van der Waals surface area contributed by atoms with Crippen LogP contribution in [0.15, 0.2) is 0 Å². The minimum absolute atomic E-state index is 0.164. The number of rotatable bonds is 5. The van der Waals surface area contributed by atoms with Crippen LogP contribution in [0.5, 0.6) is 0 Å². The van der Waals surface area contributed by atoms with Crippen LogP contribution in [0.1, 0.15) is 20.3 Å². The lowest BCUT2D eigenvalue weighted by Crippen LogP contribution is -2.49. The van der Waals surface area contributed by atoms with E-state index >= 15 is 0 Å². The van der Waals surface area contributed by atoms with Crippen molar-refractivity contribution >= 4 is 0 Å². The Kier molecular flexibility index (Phi) is 5.08. The fourth-order valence-electron chi connectivity index (χ4n) is 2.26. The third-order valence-corrected chi connectivity index (χ3v) is 2.97. The zero-order valence-electron chi connectivity index (χ0n) is 10.3. The second-order valence-corrected chi connectivity index (χ2v) is 4.52. The molecule has 0 aromatic carbocycles. The molecule has 0 aliphatic carbocycles. The summed E-state index contributed by atoms with van der Waals surface area (Å²) in [4.78, 5) is 1.90. The normalized spacial score (nSPS) is 29.2. The van der Waals surface area contributed by atoms with Gasteiger partial charge in [0.15, 0.2) is 0 Å². The first kappa shape index (κ1) is 13.8. The molecule has 0 aromatic heterocycles. The maximum absolute atomic E-state index is 13.0. The third-order valence-electron chi connectivity index (χ3n) is 2.97. The topological polar surface area (TPSA) is 21.7 Å². The third kappa shape index (κ3) is 3.12. The first-order valence-electron chi connectivity index (χ1n) is 5.64. The molecule has 5 heteroatoms. The molecule has 0 aromatic rings. The van der Waals surface area contributed by atoms with Gasteiger partial charge in [-0.3, -0.25) is 4.90 Å². The minimum atomic E-state index is -2.48. The molecule has 0 saturated carbocycles. The molecular weight excluding hydrogens is 216 g/mol. The Morgan fingerprint density at radius 1 is 1.31 bits per heavy atom. The van der Waals surface area contributed by atoms with Gasteiger partial charge in [-0.25, -0.2) is 8.78 Å². The van der Waals surface area contributed by atoms with E-state index in [1.54, 1.807) is 21.0 Å². The first-order valence-corrected chi connectivity index (χ1v) is 5.64. The van der Waals surface area contributed by atoms with Crippen LogP contribution in [0.4, 0.5) is 8.78 Å². The lowest BCUT2D eigenvalue weighted by atomic mass is 10.1. The molecule has 3 nitrogen and oxygen atoms in total. The number of ether oxygens (including phenoxy) is 2. The smallest absolute Gasteiger partial charge is 0.266 e. The van der Waals surface area contributed by atoms with E-state index in [2.05, 4.69) is 0 Å². The van der Waals surface area contributed by atoms with Crippen LogP contribution >= 0.6 is 0 Å². The van der Waals surface area contributed by atoms with Crippen molar-refractivity contribution in [3.63, 3.8) is 0 Å². The Morgan fingerprint density at radius 3 is 2.38 bits per heavy atom. The van der Waals surface area contributed by atoms with Crippen LogP contribution in [0.3, 0.4) is 0 Å². The summed E-state index contributed by atoms with van der Waals surface area (Å²) >= 11 is 0. The summed E-state index contributed by atoms with van der Waals surface area (Å²) in [5.41, 5.74) is 0. The van der Waals surface area contributed by atoms with Crippen LogP contribution in [-0.4, -0.2) is 56.4 Å². The van der Waals surface area contributed by atoms with Gasteiger partial charge in [-0.1, -0.05) is 0 Å². The molecule has 0 radical (unpaired) electrons. The minimum Gasteiger partial charge on any atom is -0.380 e. The molecule has 0 bridgehead atoms. The summed E-state index contributed by atoms with van der Waals surface area (Å²) in [6.07, 6.45) is -3.14. The number of likely N-dealkylation sites (tertiary alicyclic amines) is 1. The number of methoxy groups -OCH3 is 1. The number of halogens is 2. The highest BCUT2D eigenvalue weighted by Gasteiger charge is 2.43. The predicted molar refractivity (Wildman–Crippen MR) is 57.8 cm³/mol. The molecule has 0 N–H and O–H groups in total. The number of likely N-dealkylation sites (N-methyl/N-ethyl adjacent to an activating group) is 1. The SMILES string of the molecule is CO[C@H]1CCN(C)C1[C@H](OC(C)C)C(F)F. The number of alkyl halides is 2. The predicted octanol–water partition coefficient (Wildman–Crippen LogP) is 1.76. The Hall–Kier alpha value is -0.260. The molecule has 16 heavy (non-hydrogen) atoms. The van der Waals surface area contributed by atoms with Crippen molar-refractivity contribution in [3.8, 4) is 0 Å². The van der Waals surface area contributed by atoms with Crippen molar-refractivity contribution in [2.24, 2.45) is 0 Å². The van der Waals surface area contributed by atoms with E-state index in [0.29, 0.717) is 0 Å². The van der Waals surface area contributed by atoms with Crippen LogP contribution in [-0.2, 0) is 9.47 Å². The van der Waals surface area contributed by atoms with Gasteiger partial charge in [0.1, 0.15) is 6.10 Å². The lowest BCUT2D eigenvalue weighted by Gasteiger charge is -2.32. The van der Waals surface area contributed by atoms with Gasteiger partial charge < -0.3 is 9.47 Å². The summed E-state index contributed by atoms with van der Waals surface area (Å²) < 4.78 is 36.6. The van der Waals surface area contributed by atoms with Crippen molar-refractivity contribution in [3.05, 3.63) is 0 Å². The number of hydrogen-bond donors (Lipinski definition) is 0. The molecule has 1 fully saturated rings. The van der Waals surface area contributed by atoms with Gasteiger partial charge in [-0.05, 0) is 27.3 Å². The molecule has 1 saturated heterocycles. The van der Waals surface area contributed by atoms with Gasteiger partial charge in [-0.15, -0.1) is 0 Å². The van der Waals surface area contributed by atoms with Crippen LogP contribution < -0.4 is 0 Å². The second-order valence-electron chi connectivity index (χ2n) is 4.52. The summed E-state index contributed by atoms with van der Waals surface area (Å²) in [5.74, 6) is 0. The zero-order chi connectivity index (χ0) is 12.3.